The predicted octanol–water partition coefficient (Wildman–Crippen LogP) is 2.71. The van der Waals surface area contributed by atoms with E-state index in [1.807, 2.05) is 4.90 Å². The van der Waals surface area contributed by atoms with Crippen LogP contribution in [0.3, 0.4) is 0 Å². The van der Waals surface area contributed by atoms with Crippen LogP contribution in [0.2, 0.25) is 0 Å². The van der Waals surface area contributed by atoms with Gasteiger partial charge in [-0.2, -0.15) is 0 Å². The lowest BCUT2D eigenvalue weighted by molar-refractivity contribution is -0.124. The molecule has 0 aromatic carbocycles. The van der Waals surface area contributed by atoms with Crippen LogP contribution in [0.4, 0.5) is 0 Å². The van der Waals surface area contributed by atoms with Crippen molar-refractivity contribution in [3.05, 3.63) is 23.5 Å². The Morgan fingerprint density at radius 3 is 2.19 bits per heavy atom. The second-order valence-electron chi connectivity index (χ2n) is 7.57. The second-order valence-corrected chi connectivity index (χ2v) is 9.44. The van der Waals surface area contributed by atoms with Gasteiger partial charge in [0, 0.05) is 50.7 Å². The number of carbonyl (C=O) groups is 1. The molecule has 1 amide bonds. The number of amides is 1. The molecule has 1 saturated carbocycles. The van der Waals surface area contributed by atoms with Crippen LogP contribution in [0.15, 0.2) is 12.1 Å². The summed E-state index contributed by atoms with van der Waals surface area (Å²) in [7, 11) is 0. The van der Waals surface area contributed by atoms with Crippen molar-refractivity contribution < 1.29 is 4.79 Å². The van der Waals surface area contributed by atoms with Crippen LogP contribution in [0.25, 0.3) is 0 Å². The van der Waals surface area contributed by atoms with Crippen LogP contribution in [0.1, 0.15) is 24.7 Å². The predicted molar refractivity (Wildman–Crippen MR) is 110 cm³/mol. The number of thiocarbonyl (C=S) groups is 1. The molecule has 0 radical (unpaired) electrons. The number of hydrogen-bond donors (Lipinski definition) is 1. The van der Waals surface area contributed by atoms with E-state index in [-0.39, 0.29) is 5.91 Å². The standard InChI is InChI=1S/C18H26Cl2N4OS/c1-13-4-5-14(2)24(13)11-8-22-6-9-23(10-7-22)16(26)21-15(25)17(3)12-18(17,19)20/h4-5H,6-12H2,1-3H3,(H,21,25,26)/t17-/m1/s1. The highest BCUT2D eigenvalue weighted by molar-refractivity contribution is 7.80. The minimum atomic E-state index is -0.972. The first-order chi connectivity index (χ1) is 12.1. The molecule has 3 rings (SSSR count). The topological polar surface area (TPSA) is 40.5 Å². The minimum Gasteiger partial charge on any atom is -0.348 e. The average molecular weight is 417 g/mol. The van der Waals surface area contributed by atoms with E-state index in [4.69, 9.17) is 35.4 Å². The van der Waals surface area contributed by atoms with Crippen LogP contribution in [0, 0.1) is 19.3 Å². The zero-order chi connectivity index (χ0) is 19.1. The molecular formula is C18H26Cl2N4OS. The van der Waals surface area contributed by atoms with Crippen molar-refractivity contribution in [2.45, 2.75) is 38.1 Å². The van der Waals surface area contributed by atoms with E-state index >= 15 is 0 Å². The summed E-state index contributed by atoms with van der Waals surface area (Å²) in [6.07, 6.45) is 0.462. The highest BCUT2D eigenvalue weighted by atomic mass is 35.5. The fourth-order valence-electron chi connectivity index (χ4n) is 3.43. The number of nitrogens with zero attached hydrogens (tertiary/aromatic N) is 3. The van der Waals surface area contributed by atoms with Crippen molar-refractivity contribution in [3.8, 4) is 0 Å². The van der Waals surface area contributed by atoms with Crippen molar-refractivity contribution in [2.24, 2.45) is 5.41 Å². The molecule has 1 N–H and O–H groups in total. The molecule has 2 aliphatic rings. The van der Waals surface area contributed by atoms with Crippen molar-refractivity contribution >= 4 is 46.4 Å². The van der Waals surface area contributed by atoms with Crippen molar-refractivity contribution in [3.63, 3.8) is 0 Å². The van der Waals surface area contributed by atoms with Gasteiger partial charge in [0.2, 0.25) is 5.91 Å². The van der Waals surface area contributed by atoms with E-state index in [9.17, 15) is 4.79 Å². The summed E-state index contributed by atoms with van der Waals surface area (Å²) in [6, 6.07) is 4.32. The Hall–Kier alpha value is -0.820. The largest absolute Gasteiger partial charge is 0.348 e. The van der Waals surface area contributed by atoms with Gasteiger partial charge in [0.1, 0.15) is 4.33 Å². The highest BCUT2D eigenvalue weighted by Gasteiger charge is 2.68. The van der Waals surface area contributed by atoms with Gasteiger partial charge >= 0.3 is 0 Å². The van der Waals surface area contributed by atoms with Crippen molar-refractivity contribution in [1.29, 1.82) is 0 Å². The molecule has 1 saturated heterocycles. The van der Waals surface area contributed by atoms with E-state index in [0.717, 1.165) is 39.3 Å². The molecule has 26 heavy (non-hydrogen) atoms. The van der Waals surface area contributed by atoms with Gasteiger partial charge in [0.25, 0.3) is 0 Å². The molecule has 2 heterocycles. The number of alkyl halides is 2. The Kier molecular flexibility index (Phi) is 5.60. The Labute approximate surface area is 170 Å². The van der Waals surface area contributed by atoms with E-state index < -0.39 is 9.75 Å². The first-order valence-electron chi connectivity index (χ1n) is 8.97. The van der Waals surface area contributed by atoms with Crippen LogP contribution in [-0.4, -0.2) is 62.4 Å². The highest BCUT2D eigenvalue weighted by Crippen LogP contribution is 2.63. The van der Waals surface area contributed by atoms with Gasteiger partial charge in [-0.3, -0.25) is 9.69 Å². The van der Waals surface area contributed by atoms with Gasteiger partial charge in [-0.15, -0.1) is 23.2 Å². The molecule has 0 bridgehead atoms. The lowest BCUT2D eigenvalue weighted by Gasteiger charge is -2.36. The number of carbonyl (C=O) groups excluding carboxylic acids is 1. The van der Waals surface area contributed by atoms with Crippen LogP contribution >= 0.6 is 35.4 Å². The van der Waals surface area contributed by atoms with Gasteiger partial charge in [-0.1, -0.05) is 0 Å². The van der Waals surface area contributed by atoms with Gasteiger partial charge in [-0.25, -0.2) is 0 Å². The molecule has 1 aromatic heterocycles. The first kappa shape index (κ1) is 19.9. The van der Waals surface area contributed by atoms with Gasteiger partial charge in [0.05, 0.1) is 5.41 Å². The van der Waals surface area contributed by atoms with E-state index in [1.54, 1.807) is 6.92 Å². The molecule has 0 unspecified atom stereocenters. The number of nitrogens with one attached hydrogen (secondary N) is 1. The first-order valence-corrected chi connectivity index (χ1v) is 10.1. The summed E-state index contributed by atoms with van der Waals surface area (Å²) in [5, 5.41) is 3.29. The molecule has 5 nitrogen and oxygen atoms in total. The molecule has 1 aliphatic carbocycles. The third-order valence-electron chi connectivity index (χ3n) is 5.70. The minimum absolute atomic E-state index is 0.187. The third-order valence-corrected chi connectivity index (χ3v) is 7.16. The number of piperazine rings is 1. The van der Waals surface area contributed by atoms with Gasteiger partial charge in [0.15, 0.2) is 5.11 Å². The lowest BCUT2D eigenvalue weighted by Crippen LogP contribution is -2.54. The maximum absolute atomic E-state index is 12.4. The number of halogens is 2. The molecule has 0 spiro atoms. The summed E-state index contributed by atoms with van der Waals surface area (Å²) in [6.45, 7) is 11.6. The van der Waals surface area contributed by atoms with Crippen LogP contribution in [0.5, 0.6) is 0 Å². The van der Waals surface area contributed by atoms with Crippen LogP contribution < -0.4 is 5.32 Å². The quantitative estimate of drug-likeness (QED) is 0.604. The zero-order valence-electron chi connectivity index (χ0n) is 15.5. The maximum atomic E-state index is 12.4. The van der Waals surface area contributed by atoms with Crippen molar-refractivity contribution in [2.75, 3.05) is 32.7 Å². The maximum Gasteiger partial charge on any atom is 0.235 e. The van der Waals surface area contributed by atoms with Crippen molar-refractivity contribution in [1.82, 2.24) is 19.7 Å². The third kappa shape index (κ3) is 3.88. The second kappa shape index (κ2) is 7.30. The summed E-state index contributed by atoms with van der Waals surface area (Å²) < 4.78 is 1.37. The SMILES string of the molecule is Cc1ccc(C)n1CCN1CCN(C(=S)NC(=O)[C@@]2(C)CC2(Cl)Cl)CC1. The Morgan fingerprint density at radius 2 is 1.69 bits per heavy atom. The van der Waals surface area contributed by atoms with E-state index in [2.05, 4.69) is 40.8 Å². The Bertz CT molecular complexity index is 693. The molecule has 1 aromatic rings. The Balaban J connectivity index is 1.43. The molecule has 2 fully saturated rings. The van der Waals surface area contributed by atoms with E-state index in [1.165, 1.54) is 11.4 Å². The summed E-state index contributed by atoms with van der Waals surface area (Å²) in [4.78, 5) is 16.8. The Morgan fingerprint density at radius 1 is 1.15 bits per heavy atom. The van der Waals surface area contributed by atoms with Crippen LogP contribution in [-0.2, 0) is 11.3 Å². The molecule has 8 heteroatoms. The molecular weight excluding hydrogens is 391 g/mol. The smallest absolute Gasteiger partial charge is 0.235 e. The monoisotopic (exact) mass is 416 g/mol. The number of aromatic nitrogens is 1. The number of rotatable bonds is 4. The fourth-order valence-corrected chi connectivity index (χ4v) is 4.41. The zero-order valence-corrected chi connectivity index (χ0v) is 17.8. The average Bonchev–Trinajstić information content (AvgIpc) is 2.95. The number of aryl methyl sites for hydroxylation is 2. The molecule has 1 atom stereocenters. The molecule has 144 valence electrons. The van der Waals surface area contributed by atoms with E-state index in [0.29, 0.717) is 11.5 Å². The summed E-state index contributed by atoms with van der Waals surface area (Å²) >= 11 is 17.5. The summed E-state index contributed by atoms with van der Waals surface area (Å²) in [5.41, 5.74) is 1.86. The molecule has 1 aliphatic heterocycles. The number of hydrogen-bond acceptors (Lipinski definition) is 3. The lowest BCUT2D eigenvalue weighted by atomic mass is 10.1. The summed E-state index contributed by atoms with van der Waals surface area (Å²) in [5.74, 6) is -0.187. The fraction of sp³-hybridized carbons (Fsp3) is 0.667. The van der Waals surface area contributed by atoms with Gasteiger partial charge in [-0.05, 0) is 51.5 Å². The normalized spacial score (nSPS) is 25.2. The van der Waals surface area contributed by atoms with Gasteiger partial charge < -0.3 is 14.8 Å².